The summed E-state index contributed by atoms with van der Waals surface area (Å²) in [6.07, 6.45) is 1.22. The number of sulfonamides is 1. The van der Waals surface area contributed by atoms with E-state index in [4.69, 9.17) is 4.74 Å². The second-order valence-electron chi connectivity index (χ2n) is 11.3. The van der Waals surface area contributed by atoms with Gasteiger partial charge in [0.15, 0.2) is 0 Å². The highest BCUT2D eigenvalue weighted by molar-refractivity contribution is 7.99. The van der Waals surface area contributed by atoms with E-state index in [0.717, 1.165) is 33.8 Å². The van der Waals surface area contributed by atoms with Crippen molar-refractivity contribution >= 4 is 27.7 Å². The minimum atomic E-state index is -3.87. The van der Waals surface area contributed by atoms with Crippen molar-refractivity contribution < 1.29 is 17.9 Å². The molecular weight excluding hydrogens is 589 g/mol. The molecule has 0 bridgehead atoms. The highest BCUT2D eigenvalue weighted by atomic mass is 32.2. The first kappa shape index (κ1) is 31.8. The molecule has 1 fully saturated rings. The van der Waals surface area contributed by atoms with E-state index in [9.17, 15) is 13.2 Å². The zero-order valence-corrected chi connectivity index (χ0v) is 26.9. The van der Waals surface area contributed by atoms with Gasteiger partial charge < -0.3 is 9.64 Å². The molecule has 0 saturated carbocycles. The van der Waals surface area contributed by atoms with Gasteiger partial charge in [0, 0.05) is 31.1 Å². The van der Waals surface area contributed by atoms with E-state index < -0.39 is 21.3 Å². The van der Waals surface area contributed by atoms with Crippen molar-refractivity contribution in [3.05, 3.63) is 138 Å². The van der Waals surface area contributed by atoms with Crippen LogP contribution >= 0.6 is 11.8 Å². The first-order chi connectivity index (χ1) is 21.3. The van der Waals surface area contributed by atoms with Crippen molar-refractivity contribution in [1.82, 2.24) is 9.21 Å². The average Bonchev–Trinajstić information content (AvgIpc) is 3.50. The minimum absolute atomic E-state index is 0.0138. The number of amides is 1. The first-order valence-corrected chi connectivity index (χ1v) is 17.5. The van der Waals surface area contributed by atoms with Crippen LogP contribution in [-0.4, -0.2) is 60.8 Å². The molecule has 1 aliphatic rings. The lowest BCUT2D eigenvalue weighted by Gasteiger charge is -2.31. The SMILES string of the molecule is COc1ccc(CS[C@@H]2C[C@@H](C(=O)N(C)Cc3ccccc3)N(S(=O)(=O)C(Cc3ccccc3)Cc3ccccc3)C2)cc1. The fraction of sp³-hybridized carbons (Fsp3) is 0.306. The summed E-state index contributed by atoms with van der Waals surface area (Å²) in [6, 6.07) is 36.5. The number of hydrogen-bond acceptors (Lipinski definition) is 5. The number of rotatable bonds is 13. The second-order valence-corrected chi connectivity index (χ2v) is 14.8. The van der Waals surface area contributed by atoms with E-state index in [1.807, 2.05) is 115 Å². The van der Waals surface area contributed by atoms with Crippen LogP contribution in [0, 0.1) is 0 Å². The predicted octanol–water partition coefficient (Wildman–Crippen LogP) is 6.21. The second kappa shape index (κ2) is 14.9. The molecular formula is C36H40N2O4S2. The van der Waals surface area contributed by atoms with Crippen LogP contribution in [0.3, 0.4) is 0 Å². The molecule has 0 aliphatic carbocycles. The quantitative estimate of drug-likeness (QED) is 0.176. The Morgan fingerprint density at radius 1 is 0.818 bits per heavy atom. The molecule has 6 nitrogen and oxygen atoms in total. The fourth-order valence-electron chi connectivity index (χ4n) is 5.75. The topological polar surface area (TPSA) is 66.9 Å². The van der Waals surface area contributed by atoms with Gasteiger partial charge in [-0.1, -0.05) is 103 Å². The van der Waals surface area contributed by atoms with Crippen LogP contribution in [0.1, 0.15) is 28.7 Å². The van der Waals surface area contributed by atoms with Crippen LogP contribution in [0.2, 0.25) is 0 Å². The largest absolute Gasteiger partial charge is 0.497 e. The monoisotopic (exact) mass is 628 g/mol. The van der Waals surface area contributed by atoms with E-state index >= 15 is 0 Å². The third-order valence-corrected chi connectivity index (χ3v) is 11.7. The normalized spacial score (nSPS) is 17.1. The molecule has 230 valence electrons. The lowest BCUT2D eigenvalue weighted by Crippen LogP contribution is -2.50. The Hall–Kier alpha value is -3.59. The Labute approximate surface area is 266 Å². The fourth-order valence-corrected chi connectivity index (χ4v) is 9.16. The Bertz CT molecular complexity index is 1540. The molecule has 2 atom stereocenters. The highest BCUT2D eigenvalue weighted by Crippen LogP contribution is 2.35. The molecule has 4 aromatic rings. The molecule has 44 heavy (non-hydrogen) atoms. The van der Waals surface area contributed by atoms with Gasteiger partial charge in [0.05, 0.1) is 12.4 Å². The van der Waals surface area contributed by atoms with Crippen molar-refractivity contribution in [3.63, 3.8) is 0 Å². The lowest BCUT2D eigenvalue weighted by molar-refractivity contribution is -0.133. The van der Waals surface area contributed by atoms with E-state index in [2.05, 4.69) is 0 Å². The summed E-state index contributed by atoms with van der Waals surface area (Å²) in [5, 5.41) is -0.715. The summed E-state index contributed by atoms with van der Waals surface area (Å²) in [4.78, 5) is 15.7. The van der Waals surface area contributed by atoms with Crippen LogP contribution in [0.4, 0.5) is 0 Å². The standard InChI is InChI=1S/C36H40N2O4S2/c1-37(25-30-16-10-5-11-17-30)36(39)35-24-33(43-27-31-18-20-32(42-2)21-19-31)26-38(35)44(40,41)34(22-28-12-6-3-7-13-28)23-29-14-8-4-9-15-29/h3-21,33-35H,22-27H2,1-2H3/t33-,35+/m1/s1. The van der Waals surface area contributed by atoms with Crippen molar-refractivity contribution in [3.8, 4) is 5.75 Å². The molecule has 5 rings (SSSR count). The number of nitrogens with zero attached hydrogens (tertiary/aromatic N) is 2. The molecule has 8 heteroatoms. The third kappa shape index (κ3) is 8.11. The van der Waals surface area contributed by atoms with Crippen molar-refractivity contribution in [2.45, 2.75) is 48.1 Å². The first-order valence-electron chi connectivity index (χ1n) is 15.0. The maximum Gasteiger partial charge on any atom is 0.241 e. The number of methoxy groups -OCH3 is 1. The summed E-state index contributed by atoms with van der Waals surface area (Å²) < 4.78 is 36.1. The minimum Gasteiger partial charge on any atom is -0.497 e. The Morgan fingerprint density at radius 3 is 1.86 bits per heavy atom. The number of thioether (sulfide) groups is 1. The van der Waals surface area contributed by atoms with Crippen molar-refractivity contribution in [1.29, 1.82) is 0 Å². The van der Waals surface area contributed by atoms with Gasteiger partial charge in [0.1, 0.15) is 11.8 Å². The number of likely N-dealkylation sites (N-methyl/N-ethyl adjacent to an activating group) is 1. The maximum atomic E-state index is 14.7. The van der Waals surface area contributed by atoms with Crippen LogP contribution in [0.25, 0.3) is 0 Å². The van der Waals surface area contributed by atoms with Gasteiger partial charge in [-0.25, -0.2) is 8.42 Å². The number of carbonyl (C=O) groups excluding carboxylic acids is 1. The van der Waals surface area contributed by atoms with Crippen molar-refractivity contribution in [2.24, 2.45) is 0 Å². The van der Waals surface area contributed by atoms with Crippen molar-refractivity contribution in [2.75, 3.05) is 20.7 Å². The highest BCUT2D eigenvalue weighted by Gasteiger charge is 2.47. The predicted molar refractivity (Wildman–Crippen MR) is 179 cm³/mol. The van der Waals surface area contributed by atoms with Crippen LogP contribution < -0.4 is 4.74 Å². The summed E-state index contributed by atoms with van der Waals surface area (Å²) in [6.45, 7) is 0.726. The molecule has 4 aromatic carbocycles. The van der Waals surface area contributed by atoms with Crippen LogP contribution in [-0.2, 0) is 40.0 Å². The average molecular weight is 629 g/mol. The van der Waals surface area contributed by atoms with Crippen LogP contribution in [0.5, 0.6) is 5.75 Å². The Morgan fingerprint density at radius 2 is 1.34 bits per heavy atom. The van der Waals surface area contributed by atoms with Gasteiger partial charge in [0.2, 0.25) is 15.9 Å². The molecule has 1 heterocycles. The van der Waals surface area contributed by atoms with Gasteiger partial charge in [-0.05, 0) is 53.6 Å². The summed E-state index contributed by atoms with van der Waals surface area (Å²) in [5.41, 5.74) is 4.07. The Balaban J connectivity index is 1.41. The smallest absolute Gasteiger partial charge is 0.241 e. The Kier molecular flexibility index (Phi) is 10.8. The number of carbonyl (C=O) groups is 1. The molecule has 0 N–H and O–H groups in total. The molecule has 0 aromatic heterocycles. The number of ether oxygens (including phenoxy) is 1. The van der Waals surface area contributed by atoms with Gasteiger partial charge in [-0.15, -0.1) is 0 Å². The molecule has 0 radical (unpaired) electrons. The van der Waals surface area contributed by atoms with Gasteiger partial charge >= 0.3 is 0 Å². The van der Waals surface area contributed by atoms with Gasteiger partial charge in [-0.2, -0.15) is 16.1 Å². The molecule has 1 amide bonds. The summed E-state index contributed by atoms with van der Waals surface area (Å²) in [7, 11) is -0.454. The van der Waals surface area contributed by atoms with E-state index in [0.29, 0.717) is 32.4 Å². The maximum absolute atomic E-state index is 14.7. The summed E-state index contributed by atoms with van der Waals surface area (Å²) >= 11 is 1.71. The molecule has 0 unspecified atom stereocenters. The van der Waals surface area contributed by atoms with Gasteiger partial charge in [-0.3, -0.25) is 4.79 Å². The zero-order chi connectivity index (χ0) is 30.9. The molecule has 0 spiro atoms. The number of hydrogen-bond donors (Lipinski definition) is 0. The van der Waals surface area contributed by atoms with Crippen LogP contribution in [0.15, 0.2) is 115 Å². The zero-order valence-electron chi connectivity index (χ0n) is 25.3. The third-order valence-electron chi connectivity index (χ3n) is 8.15. The lowest BCUT2D eigenvalue weighted by atomic mass is 10.0. The van der Waals surface area contributed by atoms with E-state index in [-0.39, 0.29) is 11.2 Å². The van der Waals surface area contributed by atoms with Gasteiger partial charge in [0.25, 0.3) is 0 Å². The molecule has 1 saturated heterocycles. The van der Waals surface area contributed by atoms with E-state index in [1.54, 1.807) is 30.8 Å². The number of benzene rings is 4. The van der Waals surface area contributed by atoms with E-state index in [1.165, 1.54) is 4.31 Å². The summed E-state index contributed by atoms with van der Waals surface area (Å²) in [5.74, 6) is 1.36. The molecule has 1 aliphatic heterocycles.